The third kappa shape index (κ3) is 2.21. The first kappa shape index (κ1) is 12.9. The molecule has 3 rings (SSSR count). The van der Waals surface area contributed by atoms with E-state index >= 15 is 0 Å². The Morgan fingerprint density at radius 3 is 2.80 bits per heavy atom. The number of carbonyl (C=O) groups excluding carboxylic acids is 1. The van der Waals surface area contributed by atoms with Gasteiger partial charge in [0.15, 0.2) is 5.82 Å². The van der Waals surface area contributed by atoms with Crippen LogP contribution in [-0.4, -0.2) is 27.7 Å². The van der Waals surface area contributed by atoms with Gasteiger partial charge in [-0.2, -0.15) is 5.10 Å². The standard InChI is InChI=1S/C14H19N5O/c1-8(2)19-11-6-12(17-14(20)9-4-5-9)16-7-10(11)13(15-3)18-19/h6-9H,4-5H2,1-3H3,(H,15,18)(H,16,17,20). The van der Waals surface area contributed by atoms with E-state index in [-0.39, 0.29) is 17.9 Å². The van der Waals surface area contributed by atoms with Gasteiger partial charge in [0, 0.05) is 31.3 Å². The second kappa shape index (κ2) is 4.77. The number of hydrogen-bond donors (Lipinski definition) is 2. The minimum atomic E-state index is 0.0707. The van der Waals surface area contributed by atoms with E-state index in [2.05, 4.69) is 34.6 Å². The molecule has 0 saturated heterocycles. The van der Waals surface area contributed by atoms with Gasteiger partial charge in [0.2, 0.25) is 5.91 Å². The van der Waals surface area contributed by atoms with Crippen LogP contribution in [0.2, 0.25) is 0 Å². The van der Waals surface area contributed by atoms with Crippen LogP contribution in [0.4, 0.5) is 11.6 Å². The van der Waals surface area contributed by atoms with Crippen LogP contribution in [0.5, 0.6) is 0 Å². The molecular formula is C14H19N5O. The van der Waals surface area contributed by atoms with Crippen LogP contribution in [0.3, 0.4) is 0 Å². The minimum absolute atomic E-state index is 0.0707. The second-order valence-electron chi connectivity index (χ2n) is 5.49. The number of pyridine rings is 1. The quantitative estimate of drug-likeness (QED) is 0.897. The van der Waals surface area contributed by atoms with E-state index < -0.39 is 0 Å². The molecular weight excluding hydrogens is 254 g/mol. The fourth-order valence-corrected chi connectivity index (χ4v) is 2.25. The summed E-state index contributed by atoms with van der Waals surface area (Å²) in [5, 5.41) is 11.4. The van der Waals surface area contributed by atoms with E-state index in [1.54, 1.807) is 6.20 Å². The first-order chi connectivity index (χ1) is 9.60. The average molecular weight is 273 g/mol. The number of nitrogens with zero attached hydrogens (tertiary/aromatic N) is 3. The van der Waals surface area contributed by atoms with Gasteiger partial charge in [-0.25, -0.2) is 4.98 Å². The van der Waals surface area contributed by atoms with Crippen LogP contribution >= 0.6 is 0 Å². The Labute approximate surface area is 117 Å². The Morgan fingerprint density at radius 2 is 2.20 bits per heavy atom. The number of carbonyl (C=O) groups is 1. The van der Waals surface area contributed by atoms with Crippen molar-refractivity contribution >= 4 is 28.4 Å². The predicted octanol–water partition coefficient (Wildman–Crippen LogP) is 2.40. The van der Waals surface area contributed by atoms with Crippen LogP contribution in [0.1, 0.15) is 32.7 Å². The van der Waals surface area contributed by atoms with Gasteiger partial charge in [-0.05, 0) is 26.7 Å². The van der Waals surface area contributed by atoms with E-state index in [0.29, 0.717) is 5.82 Å². The van der Waals surface area contributed by atoms with Crippen LogP contribution in [0.15, 0.2) is 12.3 Å². The molecule has 0 radical (unpaired) electrons. The molecule has 2 aromatic rings. The molecule has 1 aliphatic rings. The van der Waals surface area contributed by atoms with Gasteiger partial charge in [-0.1, -0.05) is 0 Å². The van der Waals surface area contributed by atoms with Crippen molar-refractivity contribution in [3.63, 3.8) is 0 Å². The number of aromatic nitrogens is 3. The van der Waals surface area contributed by atoms with Crippen molar-refractivity contribution in [1.29, 1.82) is 0 Å². The van der Waals surface area contributed by atoms with Crippen LogP contribution < -0.4 is 10.6 Å². The number of fused-ring (bicyclic) bond motifs is 1. The molecule has 0 unspecified atom stereocenters. The highest BCUT2D eigenvalue weighted by Gasteiger charge is 2.29. The third-order valence-electron chi connectivity index (χ3n) is 3.52. The van der Waals surface area contributed by atoms with Gasteiger partial charge < -0.3 is 10.6 Å². The smallest absolute Gasteiger partial charge is 0.228 e. The molecule has 0 aliphatic heterocycles. The summed E-state index contributed by atoms with van der Waals surface area (Å²) in [5.74, 6) is 1.65. The summed E-state index contributed by atoms with van der Waals surface area (Å²) in [5.41, 5.74) is 0.977. The molecule has 20 heavy (non-hydrogen) atoms. The zero-order valence-electron chi connectivity index (χ0n) is 12.0. The molecule has 2 N–H and O–H groups in total. The Morgan fingerprint density at radius 1 is 1.45 bits per heavy atom. The lowest BCUT2D eigenvalue weighted by atomic mass is 10.3. The first-order valence-corrected chi connectivity index (χ1v) is 6.97. The van der Waals surface area contributed by atoms with Crippen LogP contribution in [0.25, 0.3) is 10.9 Å². The Hall–Kier alpha value is -2.11. The van der Waals surface area contributed by atoms with Crippen LogP contribution in [0, 0.1) is 5.92 Å². The monoisotopic (exact) mass is 273 g/mol. The molecule has 0 spiro atoms. The highest BCUT2D eigenvalue weighted by Crippen LogP contribution is 2.31. The molecule has 6 nitrogen and oxygen atoms in total. The second-order valence-corrected chi connectivity index (χ2v) is 5.49. The van der Waals surface area contributed by atoms with E-state index in [4.69, 9.17) is 0 Å². The summed E-state index contributed by atoms with van der Waals surface area (Å²) >= 11 is 0. The van der Waals surface area contributed by atoms with Gasteiger partial charge in [-0.3, -0.25) is 9.48 Å². The Kier molecular flexibility index (Phi) is 3.08. The summed E-state index contributed by atoms with van der Waals surface area (Å²) in [4.78, 5) is 16.1. The maximum atomic E-state index is 11.8. The highest BCUT2D eigenvalue weighted by atomic mass is 16.2. The Bertz CT molecular complexity index is 657. The van der Waals surface area contributed by atoms with Crippen molar-refractivity contribution < 1.29 is 4.79 Å². The molecule has 0 bridgehead atoms. The largest absolute Gasteiger partial charge is 0.371 e. The van der Waals surface area contributed by atoms with Crippen LogP contribution in [-0.2, 0) is 4.79 Å². The number of rotatable bonds is 4. The van der Waals surface area contributed by atoms with E-state index in [1.807, 2.05) is 17.8 Å². The molecule has 1 saturated carbocycles. The summed E-state index contributed by atoms with van der Waals surface area (Å²) in [6.45, 7) is 4.16. The van der Waals surface area contributed by atoms with Crippen molar-refractivity contribution in [3.05, 3.63) is 12.3 Å². The predicted molar refractivity (Wildman–Crippen MR) is 78.8 cm³/mol. The topological polar surface area (TPSA) is 71.8 Å². The maximum Gasteiger partial charge on any atom is 0.228 e. The molecule has 2 aromatic heterocycles. The molecule has 1 aliphatic carbocycles. The van der Waals surface area contributed by atoms with Gasteiger partial charge in [0.1, 0.15) is 5.82 Å². The summed E-state index contributed by atoms with van der Waals surface area (Å²) in [6, 6.07) is 2.14. The van der Waals surface area contributed by atoms with Gasteiger partial charge in [-0.15, -0.1) is 0 Å². The fraction of sp³-hybridized carbons (Fsp3) is 0.500. The first-order valence-electron chi connectivity index (χ1n) is 6.97. The fourth-order valence-electron chi connectivity index (χ4n) is 2.25. The number of amides is 1. The number of anilines is 2. The van der Waals surface area contributed by atoms with Crippen molar-refractivity contribution in [2.75, 3.05) is 17.7 Å². The normalized spacial score (nSPS) is 14.8. The highest BCUT2D eigenvalue weighted by molar-refractivity contribution is 5.96. The SMILES string of the molecule is CNc1nn(C(C)C)c2cc(NC(=O)C3CC3)ncc12. The van der Waals surface area contributed by atoms with E-state index in [1.165, 1.54) is 0 Å². The zero-order valence-corrected chi connectivity index (χ0v) is 12.0. The van der Waals surface area contributed by atoms with E-state index in [9.17, 15) is 4.79 Å². The Balaban J connectivity index is 1.99. The molecule has 0 atom stereocenters. The summed E-state index contributed by atoms with van der Waals surface area (Å²) < 4.78 is 1.94. The molecule has 1 fully saturated rings. The molecule has 0 aromatic carbocycles. The molecule has 6 heteroatoms. The zero-order chi connectivity index (χ0) is 14.3. The minimum Gasteiger partial charge on any atom is -0.371 e. The summed E-state index contributed by atoms with van der Waals surface area (Å²) in [7, 11) is 1.84. The van der Waals surface area contributed by atoms with Crippen molar-refractivity contribution in [1.82, 2.24) is 14.8 Å². The lowest BCUT2D eigenvalue weighted by Gasteiger charge is -2.08. The van der Waals surface area contributed by atoms with Gasteiger partial charge in [0.25, 0.3) is 0 Å². The third-order valence-corrected chi connectivity index (χ3v) is 3.52. The summed E-state index contributed by atoms with van der Waals surface area (Å²) in [6.07, 6.45) is 3.74. The lowest BCUT2D eigenvalue weighted by Crippen LogP contribution is -2.14. The number of nitrogens with one attached hydrogen (secondary N) is 2. The molecule has 1 amide bonds. The maximum absolute atomic E-state index is 11.8. The lowest BCUT2D eigenvalue weighted by molar-refractivity contribution is -0.117. The van der Waals surface area contributed by atoms with Gasteiger partial charge >= 0.3 is 0 Å². The molecule has 106 valence electrons. The van der Waals surface area contributed by atoms with Crippen molar-refractivity contribution in [3.8, 4) is 0 Å². The molecule has 2 heterocycles. The van der Waals surface area contributed by atoms with E-state index in [0.717, 1.165) is 29.6 Å². The van der Waals surface area contributed by atoms with Crippen molar-refractivity contribution in [2.24, 2.45) is 5.92 Å². The van der Waals surface area contributed by atoms with Gasteiger partial charge in [0.05, 0.1) is 10.9 Å². The van der Waals surface area contributed by atoms with Crippen molar-refractivity contribution in [2.45, 2.75) is 32.7 Å². The number of hydrogen-bond acceptors (Lipinski definition) is 4. The average Bonchev–Trinajstić information content (AvgIpc) is 3.20.